The van der Waals surface area contributed by atoms with Gasteiger partial charge >= 0.3 is 0 Å². The third-order valence-electron chi connectivity index (χ3n) is 6.74. The summed E-state index contributed by atoms with van der Waals surface area (Å²) in [6.45, 7) is 3.97. The molecule has 0 radical (unpaired) electrons. The van der Waals surface area contributed by atoms with E-state index in [1.807, 2.05) is 0 Å². The number of rotatable bonds is 1. The van der Waals surface area contributed by atoms with Crippen molar-refractivity contribution in [3.63, 3.8) is 0 Å². The van der Waals surface area contributed by atoms with Gasteiger partial charge in [0.05, 0.1) is 6.42 Å². The van der Waals surface area contributed by atoms with Gasteiger partial charge in [-0.3, -0.25) is 14.4 Å². The number of carbonyl (C=O) groups is 3. The highest BCUT2D eigenvalue weighted by Gasteiger charge is 2.55. The molecule has 0 amide bonds. The molecular weight excluding hydrogens is 288 g/mol. The summed E-state index contributed by atoms with van der Waals surface area (Å²) < 4.78 is 0. The second-order valence-corrected chi connectivity index (χ2v) is 7.90. The lowest BCUT2D eigenvalue weighted by Crippen LogP contribution is -2.45. The number of Topliss-reactive ketones (excluding diaryl/α,β-unsaturated/α-hetero) is 3. The quantitative estimate of drug-likeness (QED) is 0.697. The maximum atomic E-state index is 12.7. The lowest BCUT2D eigenvalue weighted by atomic mass is 9.56. The summed E-state index contributed by atoms with van der Waals surface area (Å²) in [5.74, 6) is 7.69. The van der Waals surface area contributed by atoms with Crippen molar-refractivity contribution < 1.29 is 14.4 Å². The van der Waals surface area contributed by atoms with E-state index in [1.54, 1.807) is 6.92 Å². The first-order valence-corrected chi connectivity index (χ1v) is 8.94. The van der Waals surface area contributed by atoms with Gasteiger partial charge in [0.15, 0.2) is 0 Å². The lowest BCUT2D eigenvalue weighted by Gasteiger charge is -2.47. The Morgan fingerprint density at radius 3 is 2.65 bits per heavy atom. The minimum Gasteiger partial charge on any atom is -0.300 e. The Labute approximate surface area is 138 Å². The topological polar surface area (TPSA) is 51.2 Å². The van der Waals surface area contributed by atoms with Crippen molar-refractivity contribution >= 4 is 17.3 Å². The summed E-state index contributed by atoms with van der Waals surface area (Å²) in [5, 5.41) is 0. The average molecular weight is 314 g/mol. The zero-order valence-corrected chi connectivity index (χ0v) is 14.2. The largest absolute Gasteiger partial charge is 0.300 e. The Hall–Kier alpha value is -1.43. The molecule has 5 unspecified atom stereocenters. The number of ketones is 3. The normalized spacial score (nSPS) is 40.6. The summed E-state index contributed by atoms with van der Waals surface area (Å²) in [6, 6.07) is 0. The molecule has 124 valence electrons. The van der Waals surface area contributed by atoms with Crippen LogP contribution in [-0.2, 0) is 14.4 Å². The molecule has 0 N–H and O–H groups in total. The van der Waals surface area contributed by atoms with Gasteiger partial charge in [0.25, 0.3) is 0 Å². The van der Waals surface area contributed by atoms with Crippen molar-refractivity contribution in [2.45, 2.75) is 65.2 Å². The standard InChI is InChI=1S/C20H26O3/c1-13(21)17-8-9-18-15-6-4-3-5-14(22)7-10-19(23)16(15)11-12-20(17,18)2/h15-18H,5-12H2,1-2H3. The third-order valence-corrected chi connectivity index (χ3v) is 6.74. The maximum absolute atomic E-state index is 12.7. The van der Waals surface area contributed by atoms with Crippen molar-refractivity contribution in [2.75, 3.05) is 0 Å². The Balaban J connectivity index is 1.90. The van der Waals surface area contributed by atoms with Crippen LogP contribution >= 0.6 is 0 Å². The van der Waals surface area contributed by atoms with Crippen molar-refractivity contribution in [2.24, 2.45) is 29.1 Å². The Kier molecular flexibility index (Phi) is 4.45. The molecule has 0 aromatic carbocycles. The van der Waals surface area contributed by atoms with Crippen LogP contribution in [0, 0.1) is 40.9 Å². The van der Waals surface area contributed by atoms with E-state index < -0.39 is 0 Å². The van der Waals surface area contributed by atoms with Gasteiger partial charge in [0, 0.05) is 31.1 Å². The highest BCUT2D eigenvalue weighted by atomic mass is 16.1. The predicted molar refractivity (Wildman–Crippen MR) is 87.5 cm³/mol. The first kappa shape index (κ1) is 16.4. The van der Waals surface area contributed by atoms with Crippen LogP contribution in [0.3, 0.4) is 0 Å². The number of fused-ring (bicyclic) bond motifs is 3. The van der Waals surface area contributed by atoms with Gasteiger partial charge in [-0.2, -0.15) is 0 Å². The number of hydrogen-bond acceptors (Lipinski definition) is 3. The van der Waals surface area contributed by atoms with Crippen LogP contribution in [0.1, 0.15) is 65.2 Å². The first-order chi connectivity index (χ1) is 10.9. The molecule has 2 saturated carbocycles. The SMILES string of the molecule is CC(=O)C1CCC2C3CC#CCC(=O)CCC(=O)C3CCC12C. The van der Waals surface area contributed by atoms with Crippen LogP contribution in [0.25, 0.3) is 0 Å². The van der Waals surface area contributed by atoms with Gasteiger partial charge in [-0.05, 0) is 49.9 Å². The number of hydrogen-bond donors (Lipinski definition) is 0. The zero-order valence-electron chi connectivity index (χ0n) is 14.2. The Morgan fingerprint density at radius 1 is 1.13 bits per heavy atom. The van der Waals surface area contributed by atoms with E-state index in [0.29, 0.717) is 31.0 Å². The minimum absolute atomic E-state index is 0.0366. The van der Waals surface area contributed by atoms with Crippen molar-refractivity contribution in [1.82, 2.24) is 0 Å². The van der Waals surface area contributed by atoms with E-state index in [-0.39, 0.29) is 41.2 Å². The summed E-state index contributed by atoms with van der Waals surface area (Å²) in [7, 11) is 0. The molecule has 0 heterocycles. The van der Waals surface area contributed by atoms with Crippen LogP contribution in [0.15, 0.2) is 0 Å². The Morgan fingerprint density at radius 2 is 1.91 bits per heavy atom. The predicted octanol–water partition coefficient (Wildman–Crippen LogP) is 3.35. The van der Waals surface area contributed by atoms with Gasteiger partial charge in [0.2, 0.25) is 0 Å². The summed E-state index contributed by atoms with van der Waals surface area (Å²) in [5.41, 5.74) is 0.0366. The molecule has 3 aliphatic carbocycles. The van der Waals surface area contributed by atoms with Crippen LogP contribution in [0.4, 0.5) is 0 Å². The van der Waals surface area contributed by atoms with E-state index in [0.717, 1.165) is 25.7 Å². The van der Waals surface area contributed by atoms with Gasteiger partial charge in [0.1, 0.15) is 17.3 Å². The highest BCUT2D eigenvalue weighted by molar-refractivity contribution is 5.88. The molecule has 3 aliphatic rings. The van der Waals surface area contributed by atoms with Crippen LogP contribution in [-0.4, -0.2) is 17.3 Å². The smallest absolute Gasteiger partial charge is 0.145 e. The Bertz CT molecular complexity index is 594. The van der Waals surface area contributed by atoms with E-state index >= 15 is 0 Å². The second-order valence-electron chi connectivity index (χ2n) is 7.90. The van der Waals surface area contributed by atoms with Gasteiger partial charge in [-0.1, -0.05) is 12.8 Å². The molecule has 0 bridgehead atoms. The molecule has 3 nitrogen and oxygen atoms in total. The van der Waals surface area contributed by atoms with Crippen molar-refractivity contribution in [1.29, 1.82) is 0 Å². The molecule has 0 aromatic heterocycles. The fourth-order valence-electron chi connectivity index (χ4n) is 5.53. The van der Waals surface area contributed by atoms with E-state index in [9.17, 15) is 14.4 Å². The lowest BCUT2D eigenvalue weighted by molar-refractivity contribution is -0.133. The summed E-state index contributed by atoms with van der Waals surface area (Å²) in [4.78, 5) is 36.4. The van der Waals surface area contributed by atoms with Gasteiger partial charge in [-0.15, -0.1) is 5.92 Å². The molecule has 0 saturated heterocycles. The fraction of sp³-hybridized carbons (Fsp3) is 0.750. The molecule has 0 aromatic rings. The number of carbonyl (C=O) groups excluding carboxylic acids is 3. The third kappa shape index (κ3) is 2.89. The average Bonchev–Trinajstić information content (AvgIpc) is 2.86. The van der Waals surface area contributed by atoms with Crippen molar-refractivity contribution in [3.8, 4) is 11.8 Å². The highest BCUT2D eigenvalue weighted by Crippen LogP contribution is 2.60. The van der Waals surface area contributed by atoms with Crippen LogP contribution in [0.5, 0.6) is 0 Å². The molecule has 3 heteroatoms. The second kappa shape index (κ2) is 6.23. The van der Waals surface area contributed by atoms with E-state index in [2.05, 4.69) is 18.8 Å². The fourth-order valence-corrected chi connectivity index (χ4v) is 5.53. The van der Waals surface area contributed by atoms with E-state index in [4.69, 9.17) is 0 Å². The molecule has 0 spiro atoms. The monoisotopic (exact) mass is 314 g/mol. The molecule has 3 rings (SSSR count). The molecular formula is C20H26O3. The molecule has 5 atom stereocenters. The zero-order chi connectivity index (χ0) is 16.6. The summed E-state index contributed by atoms with van der Waals surface area (Å²) >= 11 is 0. The van der Waals surface area contributed by atoms with E-state index in [1.165, 1.54) is 0 Å². The van der Waals surface area contributed by atoms with Crippen molar-refractivity contribution in [3.05, 3.63) is 0 Å². The molecule has 23 heavy (non-hydrogen) atoms. The van der Waals surface area contributed by atoms with Gasteiger partial charge < -0.3 is 0 Å². The maximum Gasteiger partial charge on any atom is 0.145 e. The van der Waals surface area contributed by atoms with Crippen LogP contribution in [0.2, 0.25) is 0 Å². The first-order valence-electron chi connectivity index (χ1n) is 8.94. The van der Waals surface area contributed by atoms with Gasteiger partial charge in [-0.25, -0.2) is 0 Å². The van der Waals surface area contributed by atoms with Crippen LogP contribution < -0.4 is 0 Å². The molecule has 2 fully saturated rings. The molecule has 0 aliphatic heterocycles. The minimum atomic E-state index is 0.0366. The summed E-state index contributed by atoms with van der Waals surface area (Å²) in [6.07, 6.45) is 5.51.